The highest BCUT2D eigenvalue weighted by atomic mass is 35.5. The quantitative estimate of drug-likeness (QED) is 0.506. The van der Waals surface area contributed by atoms with Crippen molar-refractivity contribution in [2.24, 2.45) is 0 Å². The Labute approximate surface area is 163 Å². The van der Waals surface area contributed by atoms with Crippen LogP contribution in [0.2, 0.25) is 5.02 Å². The molecule has 3 aromatic rings. The van der Waals surface area contributed by atoms with Crippen molar-refractivity contribution in [3.8, 4) is 23.1 Å². The number of thioether (sulfide) groups is 1. The summed E-state index contributed by atoms with van der Waals surface area (Å²) in [6, 6.07) is 12.9. The third-order valence-corrected chi connectivity index (χ3v) is 4.65. The lowest BCUT2D eigenvalue weighted by Crippen LogP contribution is -2.14. The number of ether oxygens (including phenoxy) is 1. The van der Waals surface area contributed by atoms with Crippen molar-refractivity contribution in [2.45, 2.75) is 11.8 Å². The Morgan fingerprint density at radius 1 is 1.33 bits per heavy atom. The van der Waals surface area contributed by atoms with Gasteiger partial charge in [0.1, 0.15) is 29.8 Å². The molecule has 0 saturated carbocycles. The summed E-state index contributed by atoms with van der Waals surface area (Å²) >= 11 is 7.28. The van der Waals surface area contributed by atoms with Crippen LogP contribution >= 0.6 is 23.4 Å². The number of nitrogens with one attached hydrogen (secondary N) is 1. The number of halogens is 2. The summed E-state index contributed by atoms with van der Waals surface area (Å²) in [4.78, 5) is 19.0. The summed E-state index contributed by atoms with van der Waals surface area (Å²) in [5.74, 6) is 0.0873. The van der Waals surface area contributed by atoms with Crippen LogP contribution in [0.5, 0.6) is 5.75 Å². The number of aromatic nitrogens is 2. The molecule has 0 aliphatic carbocycles. The summed E-state index contributed by atoms with van der Waals surface area (Å²) in [6.45, 7) is 0.145. The van der Waals surface area contributed by atoms with Gasteiger partial charge in [0, 0.05) is 11.1 Å². The Bertz CT molecular complexity index is 1100. The van der Waals surface area contributed by atoms with Crippen molar-refractivity contribution >= 4 is 23.4 Å². The molecule has 3 rings (SSSR count). The summed E-state index contributed by atoms with van der Waals surface area (Å²) < 4.78 is 18.9. The van der Waals surface area contributed by atoms with Gasteiger partial charge in [-0.1, -0.05) is 41.6 Å². The lowest BCUT2D eigenvalue weighted by molar-refractivity contribution is 0.306. The first-order chi connectivity index (χ1) is 13.0. The van der Waals surface area contributed by atoms with E-state index in [0.29, 0.717) is 22.0 Å². The highest BCUT2D eigenvalue weighted by molar-refractivity contribution is 7.98. The molecule has 1 N–H and O–H groups in total. The molecule has 0 unspecified atom stereocenters. The Hall–Kier alpha value is -2.82. The van der Waals surface area contributed by atoms with Gasteiger partial charge in [0.2, 0.25) is 0 Å². The van der Waals surface area contributed by atoms with Crippen LogP contribution < -0.4 is 10.3 Å². The van der Waals surface area contributed by atoms with E-state index in [1.165, 1.54) is 23.9 Å². The average molecular weight is 402 g/mol. The SMILES string of the molecule is CSc1nc(-c2cccc(OCc3ccc(F)cc3Cl)c2)c(C#N)c(=O)[nH]1. The largest absolute Gasteiger partial charge is 0.489 e. The molecule has 2 aromatic carbocycles. The van der Waals surface area contributed by atoms with E-state index in [1.807, 2.05) is 6.07 Å². The van der Waals surface area contributed by atoms with Crippen molar-refractivity contribution in [1.29, 1.82) is 5.26 Å². The van der Waals surface area contributed by atoms with Crippen LogP contribution in [0, 0.1) is 17.1 Å². The fourth-order valence-corrected chi connectivity index (χ4v) is 2.99. The molecule has 0 bridgehead atoms. The minimum absolute atomic E-state index is 0.0634. The number of hydrogen-bond donors (Lipinski definition) is 1. The highest BCUT2D eigenvalue weighted by Gasteiger charge is 2.14. The smallest absolute Gasteiger partial charge is 0.270 e. The minimum Gasteiger partial charge on any atom is -0.489 e. The van der Waals surface area contributed by atoms with Gasteiger partial charge in [-0.05, 0) is 30.5 Å². The van der Waals surface area contributed by atoms with E-state index in [2.05, 4.69) is 9.97 Å². The summed E-state index contributed by atoms with van der Waals surface area (Å²) in [6.07, 6.45) is 1.78. The van der Waals surface area contributed by atoms with Gasteiger partial charge in [0.15, 0.2) is 5.16 Å². The molecule has 0 aliphatic heterocycles. The maximum atomic E-state index is 13.1. The van der Waals surface area contributed by atoms with Crippen LogP contribution in [0.3, 0.4) is 0 Å². The Kier molecular flexibility index (Phi) is 5.79. The van der Waals surface area contributed by atoms with E-state index in [1.54, 1.807) is 36.6 Å². The molecule has 0 spiro atoms. The second-order valence-corrected chi connectivity index (χ2v) is 6.66. The zero-order valence-corrected chi connectivity index (χ0v) is 15.7. The van der Waals surface area contributed by atoms with E-state index in [4.69, 9.17) is 16.3 Å². The maximum absolute atomic E-state index is 13.1. The Morgan fingerprint density at radius 2 is 2.15 bits per heavy atom. The van der Waals surface area contributed by atoms with Gasteiger partial charge in [-0.25, -0.2) is 9.37 Å². The van der Waals surface area contributed by atoms with Gasteiger partial charge in [0.05, 0.1) is 10.7 Å². The normalized spacial score (nSPS) is 10.4. The molecule has 0 aliphatic rings. The molecule has 0 amide bonds. The highest BCUT2D eigenvalue weighted by Crippen LogP contribution is 2.26. The second-order valence-electron chi connectivity index (χ2n) is 5.46. The average Bonchev–Trinajstić information content (AvgIpc) is 2.67. The fraction of sp³-hybridized carbons (Fsp3) is 0.105. The molecular weight excluding hydrogens is 389 g/mol. The zero-order chi connectivity index (χ0) is 19.4. The van der Waals surface area contributed by atoms with E-state index in [9.17, 15) is 14.4 Å². The molecule has 136 valence electrons. The van der Waals surface area contributed by atoms with E-state index in [-0.39, 0.29) is 22.9 Å². The third-order valence-electron chi connectivity index (χ3n) is 3.72. The number of hydrogen-bond acceptors (Lipinski definition) is 5. The van der Waals surface area contributed by atoms with Gasteiger partial charge in [0.25, 0.3) is 5.56 Å². The lowest BCUT2D eigenvalue weighted by atomic mass is 10.1. The first kappa shape index (κ1) is 19.0. The van der Waals surface area contributed by atoms with Crippen molar-refractivity contribution in [2.75, 3.05) is 6.26 Å². The first-order valence-corrected chi connectivity index (χ1v) is 9.37. The van der Waals surface area contributed by atoms with Crippen LogP contribution in [0.15, 0.2) is 52.4 Å². The molecule has 27 heavy (non-hydrogen) atoms. The summed E-state index contributed by atoms with van der Waals surface area (Å²) in [7, 11) is 0. The number of nitriles is 1. The first-order valence-electron chi connectivity index (χ1n) is 7.77. The maximum Gasteiger partial charge on any atom is 0.270 e. The van der Waals surface area contributed by atoms with Crippen LogP contribution in [0.4, 0.5) is 4.39 Å². The number of nitrogens with zero attached hydrogens (tertiary/aromatic N) is 2. The molecule has 5 nitrogen and oxygen atoms in total. The standard InChI is InChI=1S/C19H13ClFN3O2S/c1-27-19-23-17(15(9-22)18(25)24-19)11-3-2-4-14(7-11)26-10-12-5-6-13(21)8-16(12)20/h2-8H,10H2,1H3,(H,23,24,25). The molecule has 1 aromatic heterocycles. The predicted octanol–water partition coefficient (Wildman–Crippen LogP) is 4.40. The predicted molar refractivity (Wildman–Crippen MR) is 103 cm³/mol. The number of rotatable bonds is 5. The Morgan fingerprint density at radius 3 is 2.85 bits per heavy atom. The van der Waals surface area contributed by atoms with Gasteiger partial charge >= 0.3 is 0 Å². The number of aromatic amines is 1. The second kappa shape index (κ2) is 8.25. The van der Waals surface area contributed by atoms with Crippen LogP contribution in [0.1, 0.15) is 11.1 Å². The van der Waals surface area contributed by atoms with E-state index in [0.717, 1.165) is 0 Å². The lowest BCUT2D eigenvalue weighted by Gasteiger charge is -2.10. The molecule has 0 atom stereocenters. The molecule has 0 radical (unpaired) electrons. The topological polar surface area (TPSA) is 78.8 Å². The summed E-state index contributed by atoms with van der Waals surface area (Å²) in [5.41, 5.74) is 0.953. The van der Waals surface area contributed by atoms with Crippen LogP contribution in [-0.2, 0) is 6.61 Å². The van der Waals surface area contributed by atoms with Gasteiger partial charge < -0.3 is 9.72 Å². The fourth-order valence-electron chi connectivity index (χ4n) is 2.39. The minimum atomic E-state index is -0.490. The van der Waals surface area contributed by atoms with E-state index < -0.39 is 11.4 Å². The van der Waals surface area contributed by atoms with Gasteiger partial charge in [-0.15, -0.1) is 0 Å². The molecule has 8 heteroatoms. The van der Waals surface area contributed by atoms with Crippen molar-refractivity contribution in [3.63, 3.8) is 0 Å². The van der Waals surface area contributed by atoms with Gasteiger partial charge in [-0.3, -0.25) is 4.79 Å². The van der Waals surface area contributed by atoms with E-state index >= 15 is 0 Å². The number of benzene rings is 2. The monoisotopic (exact) mass is 401 g/mol. The number of H-pyrrole nitrogens is 1. The zero-order valence-electron chi connectivity index (χ0n) is 14.1. The van der Waals surface area contributed by atoms with Crippen molar-refractivity contribution in [3.05, 3.63) is 74.8 Å². The van der Waals surface area contributed by atoms with Crippen molar-refractivity contribution in [1.82, 2.24) is 9.97 Å². The molecule has 0 fully saturated rings. The molecule has 1 heterocycles. The van der Waals surface area contributed by atoms with Crippen molar-refractivity contribution < 1.29 is 9.13 Å². The van der Waals surface area contributed by atoms with Crippen LogP contribution in [-0.4, -0.2) is 16.2 Å². The molecular formula is C19H13ClFN3O2S. The Balaban J connectivity index is 1.91. The van der Waals surface area contributed by atoms with Crippen LogP contribution in [0.25, 0.3) is 11.3 Å². The van der Waals surface area contributed by atoms with Gasteiger partial charge in [-0.2, -0.15) is 5.26 Å². The summed E-state index contributed by atoms with van der Waals surface area (Å²) in [5, 5.41) is 10.00. The third kappa shape index (κ3) is 4.30. The molecule has 0 saturated heterocycles.